The van der Waals surface area contributed by atoms with Crippen molar-refractivity contribution in [3.63, 3.8) is 0 Å². The van der Waals surface area contributed by atoms with Crippen LogP contribution in [-0.2, 0) is 0 Å². The first-order valence-corrected chi connectivity index (χ1v) is 15.2. The summed E-state index contributed by atoms with van der Waals surface area (Å²) in [5.74, 6) is 1.72. The van der Waals surface area contributed by atoms with Crippen molar-refractivity contribution in [2.45, 2.75) is 9.79 Å². The molecule has 4 aliphatic heterocycles. The maximum atomic E-state index is 7.67. The Bertz CT molecular complexity index is 2130. The molecule has 43 heavy (non-hydrogen) atoms. The first kappa shape index (κ1) is 23.2. The average molecular weight is 565 g/mol. The van der Waals surface area contributed by atoms with Crippen molar-refractivity contribution in [1.29, 1.82) is 0 Å². The molecule has 0 saturated heterocycles. The zero-order valence-electron chi connectivity index (χ0n) is 22.8. The first-order valence-electron chi connectivity index (χ1n) is 14.3. The summed E-state index contributed by atoms with van der Waals surface area (Å²) in [5, 5.41) is 0. The van der Waals surface area contributed by atoms with Gasteiger partial charge in [-0.15, -0.1) is 0 Å². The van der Waals surface area contributed by atoms with E-state index < -0.39 is 0 Å². The Hall–Kier alpha value is -5.38. The summed E-state index contributed by atoms with van der Waals surface area (Å²) in [4.78, 5) is 11.1. The molecule has 0 atom stereocenters. The van der Waals surface area contributed by atoms with Gasteiger partial charge in [-0.3, -0.25) is 0 Å². The van der Waals surface area contributed by atoms with Crippen molar-refractivity contribution >= 4 is 74.7 Å². The van der Waals surface area contributed by atoms with Crippen LogP contribution in [0.3, 0.4) is 0 Å². The van der Waals surface area contributed by atoms with Crippen LogP contribution in [0.1, 0.15) is 0 Å². The van der Waals surface area contributed by atoms with Crippen LogP contribution in [0.5, 0.6) is 11.5 Å². The summed E-state index contributed by atoms with van der Waals surface area (Å²) in [6.45, 7) is 7.72. The van der Waals surface area contributed by atoms with Crippen molar-refractivity contribution in [2.24, 2.45) is 0 Å². The van der Waals surface area contributed by atoms with Crippen LogP contribution >= 0.6 is 11.8 Å². The molecule has 0 aliphatic carbocycles. The molecule has 0 saturated carbocycles. The second-order valence-electron chi connectivity index (χ2n) is 11.2. The van der Waals surface area contributed by atoms with Crippen molar-refractivity contribution in [3.05, 3.63) is 133 Å². The van der Waals surface area contributed by atoms with E-state index in [0.29, 0.717) is 5.69 Å². The number of ether oxygens (including phenoxy) is 1. The average Bonchev–Trinajstić information content (AvgIpc) is 3.06. The first-order chi connectivity index (χ1) is 21.3. The van der Waals surface area contributed by atoms with Gasteiger partial charge >= 0.3 is 0 Å². The van der Waals surface area contributed by atoms with E-state index in [2.05, 4.69) is 106 Å². The molecule has 198 valence electrons. The number of anilines is 6. The normalized spacial score (nSPS) is 14.0. The van der Waals surface area contributed by atoms with E-state index in [-0.39, 0.29) is 6.71 Å². The summed E-state index contributed by atoms with van der Waals surface area (Å²) in [7, 11) is 0. The fourth-order valence-electron chi connectivity index (χ4n) is 7.31. The highest BCUT2D eigenvalue weighted by molar-refractivity contribution is 7.99. The van der Waals surface area contributed by atoms with Gasteiger partial charge in [-0.25, -0.2) is 4.85 Å². The summed E-state index contributed by atoms with van der Waals surface area (Å²) >= 11 is 1.85. The molecule has 6 heteroatoms. The molecule has 0 aromatic heterocycles. The van der Waals surface area contributed by atoms with Crippen LogP contribution in [0, 0.1) is 6.57 Å². The fourth-order valence-corrected chi connectivity index (χ4v) is 8.41. The molecule has 0 bridgehead atoms. The van der Waals surface area contributed by atoms with Gasteiger partial charge in [-0.05, 0) is 82.1 Å². The lowest BCUT2D eigenvalue weighted by Gasteiger charge is -2.47. The second kappa shape index (κ2) is 8.35. The third-order valence-electron chi connectivity index (χ3n) is 9.00. The van der Waals surface area contributed by atoms with E-state index in [0.717, 1.165) is 39.7 Å². The van der Waals surface area contributed by atoms with Crippen LogP contribution in [0.25, 0.3) is 16.0 Å². The number of rotatable bonds is 1. The molecule has 4 heterocycles. The van der Waals surface area contributed by atoms with Crippen molar-refractivity contribution in [1.82, 2.24) is 0 Å². The molecule has 0 fully saturated rings. The van der Waals surface area contributed by atoms with Crippen LogP contribution in [0.15, 0.2) is 131 Å². The maximum Gasteiger partial charge on any atom is 0.252 e. The number of para-hydroxylation sites is 5. The lowest BCUT2D eigenvalue weighted by molar-refractivity contribution is 0.477. The Morgan fingerprint density at radius 3 is 2.12 bits per heavy atom. The van der Waals surface area contributed by atoms with Gasteiger partial charge in [0, 0.05) is 21.2 Å². The van der Waals surface area contributed by atoms with Gasteiger partial charge in [0.05, 0.1) is 29.3 Å². The zero-order valence-corrected chi connectivity index (χ0v) is 23.6. The van der Waals surface area contributed by atoms with E-state index in [1.165, 1.54) is 43.2 Å². The van der Waals surface area contributed by atoms with Crippen LogP contribution in [-0.4, -0.2) is 6.71 Å². The standard InChI is InChI=1S/C37H20BN3OS/c1-39-24-10-6-9-22(19-24)23-20-29-35-30(21-23)41-28-14-3-5-17-33(28)43-34-18-8-12-26(37(34)41)38(35)25-11-7-16-32-36(25)40(29)27-13-2-4-15-31(27)42-32/h2-21H. The quantitative estimate of drug-likeness (QED) is 0.147. The van der Waals surface area contributed by atoms with Crippen LogP contribution < -0.4 is 30.9 Å². The Kier molecular flexibility index (Phi) is 4.51. The number of fused-ring (bicyclic) bond motifs is 8. The Morgan fingerprint density at radius 1 is 0.581 bits per heavy atom. The molecular formula is C37H20BN3OS. The van der Waals surface area contributed by atoms with Gasteiger partial charge < -0.3 is 14.5 Å². The van der Waals surface area contributed by atoms with E-state index in [1.54, 1.807) is 0 Å². The Balaban J connectivity index is 1.37. The predicted octanol–water partition coefficient (Wildman–Crippen LogP) is 8.56. The molecular weight excluding hydrogens is 545 g/mol. The van der Waals surface area contributed by atoms with Gasteiger partial charge in [-0.1, -0.05) is 78.5 Å². The second-order valence-corrected chi connectivity index (χ2v) is 12.3. The minimum Gasteiger partial charge on any atom is -0.453 e. The molecule has 4 nitrogen and oxygen atoms in total. The maximum absolute atomic E-state index is 7.67. The highest BCUT2D eigenvalue weighted by Crippen LogP contribution is 2.56. The highest BCUT2D eigenvalue weighted by Gasteiger charge is 2.47. The predicted molar refractivity (Wildman–Crippen MR) is 176 cm³/mol. The Morgan fingerprint density at radius 2 is 1.26 bits per heavy atom. The monoisotopic (exact) mass is 565 g/mol. The van der Waals surface area contributed by atoms with Crippen LogP contribution in [0.2, 0.25) is 0 Å². The van der Waals surface area contributed by atoms with Crippen molar-refractivity contribution < 1.29 is 4.74 Å². The lowest BCUT2D eigenvalue weighted by Crippen LogP contribution is -2.62. The van der Waals surface area contributed by atoms with E-state index in [1.807, 2.05) is 42.1 Å². The van der Waals surface area contributed by atoms with Gasteiger partial charge in [0.1, 0.15) is 0 Å². The molecule has 0 unspecified atom stereocenters. The van der Waals surface area contributed by atoms with Gasteiger partial charge in [0.25, 0.3) is 6.71 Å². The van der Waals surface area contributed by atoms with Crippen molar-refractivity contribution in [2.75, 3.05) is 9.80 Å². The third-order valence-corrected chi connectivity index (χ3v) is 10.1. The highest BCUT2D eigenvalue weighted by atomic mass is 32.2. The third kappa shape index (κ3) is 3.02. The zero-order chi connectivity index (χ0) is 28.2. The summed E-state index contributed by atoms with van der Waals surface area (Å²) in [5.41, 5.74) is 13.5. The Labute approximate surface area is 253 Å². The molecule has 6 aromatic rings. The van der Waals surface area contributed by atoms with E-state index >= 15 is 0 Å². The van der Waals surface area contributed by atoms with Gasteiger partial charge in [-0.2, -0.15) is 0 Å². The smallest absolute Gasteiger partial charge is 0.252 e. The van der Waals surface area contributed by atoms with E-state index in [9.17, 15) is 0 Å². The molecule has 10 rings (SSSR count). The number of hydrogen-bond acceptors (Lipinski definition) is 4. The van der Waals surface area contributed by atoms with Gasteiger partial charge in [0.2, 0.25) is 0 Å². The number of benzene rings is 6. The largest absolute Gasteiger partial charge is 0.453 e. The number of nitrogens with zero attached hydrogens (tertiary/aromatic N) is 3. The van der Waals surface area contributed by atoms with Crippen molar-refractivity contribution in [3.8, 4) is 22.6 Å². The molecule has 0 spiro atoms. The van der Waals surface area contributed by atoms with E-state index in [4.69, 9.17) is 11.3 Å². The molecule has 0 radical (unpaired) electrons. The minimum absolute atomic E-state index is 0.0470. The summed E-state index contributed by atoms with van der Waals surface area (Å²) in [6.07, 6.45) is 0. The SMILES string of the molecule is [C-]#[N+]c1cccc(-c2cc3c4c(c2)N2c5ccccc5Sc5cccc(c52)B4c2cccc4c2N3c2ccccc2O4)c1. The number of hydrogen-bond donors (Lipinski definition) is 0. The topological polar surface area (TPSA) is 20.1 Å². The summed E-state index contributed by atoms with van der Waals surface area (Å²) in [6, 6.07) is 42.9. The van der Waals surface area contributed by atoms with Crippen LogP contribution in [0.4, 0.5) is 39.8 Å². The summed E-state index contributed by atoms with van der Waals surface area (Å²) < 4.78 is 6.55. The minimum atomic E-state index is 0.0470. The molecule has 0 N–H and O–H groups in total. The molecule has 0 amide bonds. The molecule has 4 aliphatic rings. The molecule has 6 aromatic carbocycles. The lowest BCUT2D eigenvalue weighted by atomic mass is 9.33. The fraction of sp³-hybridized carbons (Fsp3) is 0. The van der Waals surface area contributed by atoms with Gasteiger partial charge in [0.15, 0.2) is 17.2 Å².